The standard InChI is InChI=1S/C26H20O9/c27-15-5-1-13(2-6-15)3-7-17-12-21-24(26(32)33-17)23(20-10-16(28)11-22(31)34-20)25(35-21)14-4-8-18(29)19(30)9-14/h1-12,20,23,25,27-31H. The summed E-state index contributed by atoms with van der Waals surface area (Å²) in [6.07, 6.45) is 3.74. The molecule has 0 saturated carbocycles. The second kappa shape index (κ2) is 8.53. The van der Waals surface area contributed by atoms with Crippen molar-refractivity contribution in [3.8, 4) is 23.0 Å². The SMILES string of the molecule is O=c1oc(C=Cc2ccc(O)cc2)cc2c1C(C1C=C(O)C=C(O)O1)C(c1ccc(O)c(O)c1)O2. The molecule has 3 aromatic rings. The van der Waals surface area contributed by atoms with E-state index in [1.165, 1.54) is 42.5 Å². The van der Waals surface area contributed by atoms with Crippen molar-refractivity contribution in [3.63, 3.8) is 0 Å². The van der Waals surface area contributed by atoms with Gasteiger partial charge in [0.25, 0.3) is 5.95 Å². The van der Waals surface area contributed by atoms with E-state index in [1.807, 2.05) is 0 Å². The zero-order valence-corrected chi connectivity index (χ0v) is 18.0. The van der Waals surface area contributed by atoms with Gasteiger partial charge in [0.05, 0.1) is 17.6 Å². The van der Waals surface area contributed by atoms with Crippen LogP contribution in [0.5, 0.6) is 23.0 Å². The fraction of sp³-hybridized carbons (Fsp3) is 0.115. The Balaban J connectivity index is 1.56. The predicted molar refractivity (Wildman–Crippen MR) is 124 cm³/mol. The zero-order valence-electron chi connectivity index (χ0n) is 18.0. The van der Waals surface area contributed by atoms with E-state index in [4.69, 9.17) is 13.9 Å². The summed E-state index contributed by atoms with van der Waals surface area (Å²) < 4.78 is 17.1. The average molecular weight is 476 g/mol. The molecule has 2 aromatic carbocycles. The Hall–Kier alpha value is -4.79. The zero-order chi connectivity index (χ0) is 24.7. The molecule has 9 heteroatoms. The van der Waals surface area contributed by atoms with Gasteiger partial charge in [-0.1, -0.05) is 24.3 Å². The minimum atomic E-state index is -0.997. The first-order chi connectivity index (χ1) is 16.8. The second-order valence-corrected chi connectivity index (χ2v) is 8.11. The predicted octanol–water partition coefficient (Wildman–Crippen LogP) is 4.38. The van der Waals surface area contributed by atoms with Crippen molar-refractivity contribution >= 4 is 12.2 Å². The maximum Gasteiger partial charge on any atom is 0.343 e. The lowest BCUT2D eigenvalue weighted by molar-refractivity contribution is 0.0168. The van der Waals surface area contributed by atoms with Crippen molar-refractivity contribution in [1.29, 1.82) is 0 Å². The molecule has 35 heavy (non-hydrogen) atoms. The number of rotatable bonds is 4. The van der Waals surface area contributed by atoms with E-state index in [9.17, 15) is 30.3 Å². The van der Waals surface area contributed by atoms with Crippen molar-refractivity contribution in [3.05, 3.63) is 105 Å². The van der Waals surface area contributed by atoms with Gasteiger partial charge in [-0.05, 0) is 47.5 Å². The topological polar surface area (TPSA) is 150 Å². The molecular weight excluding hydrogens is 456 g/mol. The van der Waals surface area contributed by atoms with Gasteiger partial charge in [-0.25, -0.2) is 4.79 Å². The molecule has 5 rings (SSSR count). The number of aromatic hydroxyl groups is 3. The first kappa shape index (κ1) is 22.0. The third-order valence-electron chi connectivity index (χ3n) is 5.76. The number of fused-ring (bicyclic) bond motifs is 1. The lowest BCUT2D eigenvalue weighted by Crippen LogP contribution is -2.29. The van der Waals surface area contributed by atoms with Gasteiger partial charge in [0.1, 0.15) is 35.2 Å². The molecule has 0 spiro atoms. The molecule has 3 unspecified atom stereocenters. The average Bonchev–Trinajstić information content (AvgIpc) is 3.20. The van der Waals surface area contributed by atoms with E-state index in [0.29, 0.717) is 5.56 Å². The molecular formula is C26H20O9. The van der Waals surface area contributed by atoms with Gasteiger partial charge in [-0.15, -0.1) is 0 Å². The van der Waals surface area contributed by atoms with E-state index in [1.54, 1.807) is 24.3 Å². The summed E-state index contributed by atoms with van der Waals surface area (Å²) in [6, 6.07) is 12.1. The highest BCUT2D eigenvalue weighted by molar-refractivity contribution is 5.68. The van der Waals surface area contributed by atoms with E-state index < -0.39 is 29.7 Å². The number of hydrogen-bond donors (Lipinski definition) is 5. The molecule has 178 valence electrons. The number of ether oxygens (including phenoxy) is 2. The molecule has 9 nitrogen and oxygen atoms in total. The molecule has 0 amide bonds. The quantitative estimate of drug-likeness (QED) is 0.346. The highest BCUT2D eigenvalue weighted by Crippen LogP contribution is 2.49. The van der Waals surface area contributed by atoms with Gasteiger partial charge >= 0.3 is 5.63 Å². The number of benzene rings is 2. The highest BCUT2D eigenvalue weighted by atomic mass is 16.6. The summed E-state index contributed by atoms with van der Waals surface area (Å²) in [5, 5.41) is 49.0. The molecule has 3 heterocycles. The Morgan fingerprint density at radius 1 is 0.829 bits per heavy atom. The lowest BCUT2D eigenvalue weighted by Gasteiger charge is -2.27. The highest BCUT2D eigenvalue weighted by Gasteiger charge is 2.45. The molecule has 2 aliphatic rings. The van der Waals surface area contributed by atoms with E-state index >= 15 is 0 Å². The molecule has 2 aliphatic heterocycles. The number of hydrogen-bond acceptors (Lipinski definition) is 9. The van der Waals surface area contributed by atoms with Gasteiger partial charge in [0, 0.05) is 6.07 Å². The number of allylic oxidation sites excluding steroid dienone is 1. The Bertz CT molecular complexity index is 1430. The summed E-state index contributed by atoms with van der Waals surface area (Å²) in [6.45, 7) is 0. The minimum Gasteiger partial charge on any atom is -0.508 e. The van der Waals surface area contributed by atoms with Crippen LogP contribution in [0.25, 0.3) is 12.2 Å². The summed E-state index contributed by atoms with van der Waals surface area (Å²) in [5.74, 6) is -1.81. The number of aliphatic hydroxyl groups excluding tert-OH is 2. The normalized spacial score (nSPS) is 21.1. The van der Waals surface area contributed by atoms with Crippen LogP contribution in [0, 0.1) is 0 Å². The smallest absolute Gasteiger partial charge is 0.343 e. The number of phenolic OH excluding ortho intramolecular Hbond substituents is 3. The Morgan fingerprint density at radius 2 is 1.60 bits per heavy atom. The van der Waals surface area contributed by atoms with Gasteiger partial charge in [-0.2, -0.15) is 0 Å². The molecule has 3 atom stereocenters. The molecule has 5 N–H and O–H groups in total. The lowest BCUT2D eigenvalue weighted by atomic mass is 9.86. The van der Waals surface area contributed by atoms with Crippen LogP contribution in [0.2, 0.25) is 0 Å². The van der Waals surface area contributed by atoms with Crippen LogP contribution < -0.4 is 10.4 Å². The van der Waals surface area contributed by atoms with Gasteiger partial charge < -0.3 is 39.4 Å². The van der Waals surface area contributed by atoms with Crippen molar-refractivity contribution in [2.75, 3.05) is 0 Å². The molecule has 0 aliphatic carbocycles. The van der Waals surface area contributed by atoms with Crippen molar-refractivity contribution < 1.29 is 39.4 Å². The fourth-order valence-corrected chi connectivity index (χ4v) is 4.16. The van der Waals surface area contributed by atoms with Crippen LogP contribution >= 0.6 is 0 Å². The van der Waals surface area contributed by atoms with Gasteiger partial charge in [0.15, 0.2) is 11.5 Å². The Kier molecular flexibility index (Phi) is 5.37. The molecule has 0 radical (unpaired) electrons. The second-order valence-electron chi connectivity index (χ2n) is 8.11. The Labute approximate surface area is 198 Å². The molecule has 0 fully saturated rings. The van der Waals surface area contributed by atoms with Crippen molar-refractivity contribution in [2.45, 2.75) is 18.1 Å². The monoisotopic (exact) mass is 476 g/mol. The maximum atomic E-state index is 13.1. The number of aliphatic hydroxyl groups is 2. The van der Waals surface area contributed by atoms with Crippen molar-refractivity contribution in [1.82, 2.24) is 0 Å². The van der Waals surface area contributed by atoms with Crippen molar-refractivity contribution in [2.24, 2.45) is 0 Å². The van der Waals surface area contributed by atoms with Gasteiger partial charge in [0.2, 0.25) is 0 Å². The van der Waals surface area contributed by atoms with Crippen LogP contribution in [0.3, 0.4) is 0 Å². The maximum absolute atomic E-state index is 13.1. The third-order valence-corrected chi connectivity index (χ3v) is 5.76. The summed E-state index contributed by atoms with van der Waals surface area (Å²) in [5.41, 5.74) is 0.621. The van der Waals surface area contributed by atoms with Crippen LogP contribution in [-0.4, -0.2) is 31.6 Å². The molecule has 1 aromatic heterocycles. The fourth-order valence-electron chi connectivity index (χ4n) is 4.16. The first-order valence-corrected chi connectivity index (χ1v) is 10.6. The van der Waals surface area contributed by atoms with E-state index in [2.05, 4.69) is 0 Å². The molecule has 0 saturated heterocycles. The Morgan fingerprint density at radius 3 is 2.31 bits per heavy atom. The van der Waals surface area contributed by atoms with Crippen LogP contribution in [0.1, 0.15) is 34.5 Å². The minimum absolute atomic E-state index is 0.128. The third kappa shape index (κ3) is 4.26. The largest absolute Gasteiger partial charge is 0.508 e. The summed E-state index contributed by atoms with van der Waals surface area (Å²) in [4.78, 5) is 13.1. The molecule has 0 bridgehead atoms. The van der Waals surface area contributed by atoms with E-state index in [-0.39, 0.29) is 40.1 Å². The van der Waals surface area contributed by atoms with Crippen LogP contribution in [0.4, 0.5) is 0 Å². The van der Waals surface area contributed by atoms with Gasteiger partial charge in [-0.3, -0.25) is 0 Å². The van der Waals surface area contributed by atoms with Crippen LogP contribution in [-0.2, 0) is 4.74 Å². The summed E-state index contributed by atoms with van der Waals surface area (Å²) >= 11 is 0. The summed E-state index contributed by atoms with van der Waals surface area (Å²) in [7, 11) is 0. The first-order valence-electron chi connectivity index (χ1n) is 10.6. The number of phenols is 3. The van der Waals surface area contributed by atoms with E-state index in [0.717, 1.165) is 11.6 Å². The van der Waals surface area contributed by atoms with Crippen LogP contribution in [0.15, 0.2) is 81.6 Å².